The molecule has 17 heavy (non-hydrogen) atoms. The van der Waals surface area contributed by atoms with Crippen molar-refractivity contribution in [1.29, 1.82) is 5.39 Å². The minimum absolute atomic E-state index is 0.151. The van der Waals surface area contributed by atoms with E-state index in [4.69, 9.17) is 14.9 Å². The molecule has 8 heteroatoms. The SMILES string of the molecule is COc1cc(N(C)S(=O)[O-])c(OC)cc1[N+]#N. The summed E-state index contributed by atoms with van der Waals surface area (Å²) in [5.74, 6) is 0.492. The first-order valence-electron chi connectivity index (χ1n) is 4.49. The van der Waals surface area contributed by atoms with Crippen LogP contribution in [0, 0.1) is 5.39 Å². The molecule has 0 heterocycles. The Kier molecular flexibility index (Phi) is 4.25. The van der Waals surface area contributed by atoms with Gasteiger partial charge in [-0.2, -0.15) is 0 Å². The highest BCUT2D eigenvalue weighted by Gasteiger charge is 2.21. The second-order valence-corrected chi connectivity index (χ2v) is 3.99. The minimum Gasteiger partial charge on any atom is -0.755 e. The summed E-state index contributed by atoms with van der Waals surface area (Å²) >= 11 is -2.44. The van der Waals surface area contributed by atoms with Gasteiger partial charge in [-0.3, -0.25) is 4.21 Å². The normalized spacial score (nSPS) is 11.5. The van der Waals surface area contributed by atoms with Crippen LogP contribution in [0.25, 0.3) is 4.98 Å². The molecule has 1 rings (SSSR count). The largest absolute Gasteiger partial charge is 0.755 e. The van der Waals surface area contributed by atoms with Crippen LogP contribution in [-0.4, -0.2) is 30.0 Å². The molecule has 0 fully saturated rings. The summed E-state index contributed by atoms with van der Waals surface area (Å²) in [5.41, 5.74) is 0.434. The molecule has 0 aromatic heterocycles. The van der Waals surface area contributed by atoms with Crippen molar-refractivity contribution in [2.45, 2.75) is 0 Å². The second kappa shape index (κ2) is 5.47. The lowest BCUT2D eigenvalue weighted by Crippen LogP contribution is -2.20. The van der Waals surface area contributed by atoms with E-state index < -0.39 is 11.3 Å². The van der Waals surface area contributed by atoms with E-state index in [1.807, 2.05) is 0 Å². The Morgan fingerprint density at radius 2 is 1.94 bits per heavy atom. The minimum atomic E-state index is -2.44. The third-order valence-electron chi connectivity index (χ3n) is 2.15. The molecule has 0 radical (unpaired) electrons. The number of hydrogen-bond donors (Lipinski definition) is 0. The maximum absolute atomic E-state index is 10.9. The Balaban J connectivity index is 3.39. The molecule has 0 aliphatic carbocycles. The van der Waals surface area contributed by atoms with Crippen LogP contribution >= 0.6 is 0 Å². The van der Waals surface area contributed by atoms with Gasteiger partial charge in [-0.25, -0.2) is 0 Å². The number of rotatable bonds is 4. The van der Waals surface area contributed by atoms with Crippen LogP contribution in [0.1, 0.15) is 0 Å². The third kappa shape index (κ3) is 2.64. The Morgan fingerprint density at radius 1 is 1.35 bits per heavy atom. The standard InChI is InChI=1S/C9H11N3O4S/c1-12(17(13)14)7-5-8(15-2)6(11-10)4-9(7)16-3/h4-5H,1-3H3. The van der Waals surface area contributed by atoms with Crippen molar-refractivity contribution in [1.82, 2.24) is 0 Å². The number of methoxy groups -OCH3 is 2. The molecule has 0 amide bonds. The lowest BCUT2D eigenvalue weighted by atomic mass is 10.2. The van der Waals surface area contributed by atoms with Gasteiger partial charge in [-0.15, -0.1) is 0 Å². The zero-order valence-electron chi connectivity index (χ0n) is 9.54. The van der Waals surface area contributed by atoms with E-state index in [0.29, 0.717) is 0 Å². The van der Waals surface area contributed by atoms with E-state index >= 15 is 0 Å². The smallest absolute Gasteiger partial charge is 0.430 e. The highest BCUT2D eigenvalue weighted by atomic mass is 32.2. The van der Waals surface area contributed by atoms with Crippen LogP contribution in [-0.2, 0) is 11.3 Å². The molecule has 0 aliphatic rings. The van der Waals surface area contributed by atoms with E-state index in [2.05, 4.69) is 4.98 Å². The fourth-order valence-corrected chi connectivity index (χ4v) is 1.57. The van der Waals surface area contributed by atoms with Gasteiger partial charge in [0, 0.05) is 24.4 Å². The summed E-state index contributed by atoms with van der Waals surface area (Å²) < 4.78 is 32.7. The Hall–Kier alpha value is -1.85. The van der Waals surface area contributed by atoms with Crippen LogP contribution < -0.4 is 13.8 Å². The van der Waals surface area contributed by atoms with Gasteiger partial charge in [0.05, 0.1) is 26.0 Å². The van der Waals surface area contributed by atoms with Crippen molar-refractivity contribution in [3.63, 3.8) is 0 Å². The molecule has 0 N–H and O–H groups in total. The first-order chi connectivity index (χ1) is 8.04. The number of nitrogens with zero attached hydrogens (tertiary/aromatic N) is 3. The molecule has 0 aliphatic heterocycles. The van der Waals surface area contributed by atoms with Crippen molar-refractivity contribution in [2.24, 2.45) is 0 Å². The molecule has 92 valence electrons. The zero-order chi connectivity index (χ0) is 13.0. The van der Waals surface area contributed by atoms with Crippen LogP contribution in [0.5, 0.6) is 11.5 Å². The van der Waals surface area contributed by atoms with Crippen LogP contribution in [0.3, 0.4) is 0 Å². The quantitative estimate of drug-likeness (QED) is 0.601. The highest BCUT2D eigenvalue weighted by molar-refractivity contribution is 7.80. The Morgan fingerprint density at radius 3 is 2.35 bits per heavy atom. The van der Waals surface area contributed by atoms with Gasteiger partial charge in [-0.1, -0.05) is 0 Å². The summed E-state index contributed by atoms with van der Waals surface area (Å²) in [6, 6.07) is 2.78. The number of anilines is 1. The van der Waals surface area contributed by atoms with E-state index in [-0.39, 0.29) is 22.9 Å². The topological polar surface area (TPSA) is 90.0 Å². The van der Waals surface area contributed by atoms with Crippen LogP contribution in [0.4, 0.5) is 11.4 Å². The van der Waals surface area contributed by atoms with E-state index in [0.717, 1.165) is 4.31 Å². The van der Waals surface area contributed by atoms with E-state index in [1.165, 1.54) is 33.4 Å². The molecular weight excluding hydrogens is 246 g/mol. The van der Waals surface area contributed by atoms with Gasteiger partial charge < -0.3 is 18.3 Å². The first-order valence-corrected chi connectivity index (χ1v) is 5.52. The van der Waals surface area contributed by atoms with E-state index in [9.17, 15) is 8.76 Å². The molecular formula is C9H11N3O4S. The summed E-state index contributed by atoms with van der Waals surface area (Å²) in [6.07, 6.45) is 0. The van der Waals surface area contributed by atoms with Gasteiger partial charge >= 0.3 is 5.69 Å². The molecule has 1 atom stereocenters. The predicted molar refractivity (Wildman–Crippen MR) is 61.6 cm³/mol. The summed E-state index contributed by atoms with van der Waals surface area (Å²) in [5, 5.41) is 8.76. The lowest BCUT2D eigenvalue weighted by molar-refractivity contribution is 0.406. The average Bonchev–Trinajstić information content (AvgIpc) is 2.35. The van der Waals surface area contributed by atoms with Crippen molar-refractivity contribution >= 4 is 22.6 Å². The van der Waals surface area contributed by atoms with Crippen LogP contribution in [0.15, 0.2) is 12.1 Å². The van der Waals surface area contributed by atoms with Gasteiger partial charge in [0.1, 0.15) is 0 Å². The summed E-state index contributed by atoms with van der Waals surface area (Å²) in [7, 11) is 4.12. The molecule has 7 nitrogen and oxygen atoms in total. The molecule has 1 aromatic rings. The number of ether oxygens (including phenoxy) is 2. The Labute approximate surface area is 101 Å². The van der Waals surface area contributed by atoms with Gasteiger partial charge in [0.2, 0.25) is 11.1 Å². The van der Waals surface area contributed by atoms with Crippen molar-refractivity contribution < 1.29 is 18.2 Å². The number of benzene rings is 1. The molecule has 0 saturated heterocycles. The maximum atomic E-state index is 10.9. The van der Waals surface area contributed by atoms with Crippen LogP contribution in [0.2, 0.25) is 0 Å². The van der Waals surface area contributed by atoms with Crippen molar-refractivity contribution in [3.8, 4) is 11.5 Å². The molecule has 1 unspecified atom stereocenters. The average molecular weight is 257 g/mol. The molecule has 0 bridgehead atoms. The first kappa shape index (κ1) is 13.2. The van der Waals surface area contributed by atoms with Gasteiger partial charge in [0.25, 0.3) is 0 Å². The van der Waals surface area contributed by atoms with Gasteiger partial charge in [-0.05, 0) is 0 Å². The van der Waals surface area contributed by atoms with Crippen molar-refractivity contribution in [3.05, 3.63) is 17.1 Å². The fraction of sp³-hybridized carbons (Fsp3) is 0.333. The molecule has 0 spiro atoms. The Bertz CT molecular complexity index is 486. The van der Waals surface area contributed by atoms with E-state index in [1.54, 1.807) is 0 Å². The number of diazo groups is 1. The maximum Gasteiger partial charge on any atom is 0.430 e. The third-order valence-corrected chi connectivity index (χ3v) is 2.79. The summed E-state index contributed by atoms with van der Waals surface area (Å²) in [6.45, 7) is 0. The summed E-state index contributed by atoms with van der Waals surface area (Å²) in [4.78, 5) is 3.02. The zero-order valence-corrected chi connectivity index (χ0v) is 10.4. The van der Waals surface area contributed by atoms with Gasteiger partial charge in [0.15, 0.2) is 10.7 Å². The fourth-order valence-electron chi connectivity index (χ4n) is 1.27. The molecule has 0 saturated carbocycles. The second-order valence-electron chi connectivity index (χ2n) is 3.01. The highest BCUT2D eigenvalue weighted by Crippen LogP contribution is 2.39. The monoisotopic (exact) mass is 257 g/mol. The lowest BCUT2D eigenvalue weighted by Gasteiger charge is -2.23. The number of hydrogen-bond acceptors (Lipinski definition) is 5. The van der Waals surface area contributed by atoms with Crippen molar-refractivity contribution in [2.75, 3.05) is 25.6 Å². The predicted octanol–water partition coefficient (Wildman–Crippen LogP) is 1.42. The molecule has 1 aromatic carbocycles.